The number of rotatable bonds is 5. The molecule has 3 rings (SSSR count). The van der Waals surface area contributed by atoms with Crippen LogP contribution in [0, 0.1) is 6.92 Å². The number of aromatic nitrogens is 1. The second-order valence-corrected chi connectivity index (χ2v) is 9.97. The van der Waals surface area contributed by atoms with Gasteiger partial charge in [0.2, 0.25) is 0 Å². The van der Waals surface area contributed by atoms with E-state index in [9.17, 15) is 13.2 Å². The Balaban J connectivity index is 1.45. The molecule has 1 aliphatic carbocycles. The Morgan fingerprint density at radius 2 is 1.64 bits per heavy atom. The lowest BCUT2D eigenvalue weighted by Crippen LogP contribution is -2.40. The van der Waals surface area contributed by atoms with Crippen LogP contribution in [-0.2, 0) is 14.6 Å². The number of pyridine rings is 1. The minimum atomic E-state index is -3.31. The molecule has 1 aliphatic heterocycles. The average Bonchev–Trinajstić information content (AvgIpc) is 2.64. The molecule has 9 heteroatoms. The second-order valence-electron chi connectivity index (χ2n) is 7.63. The van der Waals surface area contributed by atoms with Crippen molar-refractivity contribution in [3.63, 3.8) is 0 Å². The standard InChI is InChI=1S/C19H28N2O5S2/c1-13-17(7-8-18(20-13)28(2,23)24)26-15-5-3-14(4-6-15)25-16-9-11-21(12-10-16)19(22)27/h7-8,14-16H,3-6,9-12H2,1-2H3,(H,22,27). The molecule has 2 fully saturated rings. The van der Waals surface area contributed by atoms with Gasteiger partial charge in [0.1, 0.15) is 5.75 Å². The van der Waals surface area contributed by atoms with Crippen molar-refractivity contribution < 1.29 is 22.7 Å². The first-order valence-electron chi connectivity index (χ1n) is 9.70. The van der Waals surface area contributed by atoms with E-state index in [0.29, 0.717) is 24.5 Å². The van der Waals surface area contributed by atoms with Crippen LogP contribution in [0.5, 0.6) is 5.75 Å². The first-order chi connectivity index (χ1) is 13.2. The number of amides is 1. The zero-order chi connectivity index (χ0) is 20.3. The third-order valence-corrected chi connectivity index (χ3v) is 6.67. The SMILES string of the molecule is Cc1nc(S(C)(=O)=O)ccc1OC1CCC(OC2CCN(C(=O)S)CC2)CC1. The highest BCUT2D eigenvalue weighted by atomic mass is 32.2. The third-order valence-electron chi connectivity index (χ3n) is 5.40. The molecule has 0 unspecified atom stereocenters. The van der Waals surface area contributed by atoms with E-state index in [2.05, 4.69) is 17.6 Å². The van der Waals surface area contributed by atoms with Gasteiger partial charge >= 0.3 is 0 Å². The maximum atomic E-state index is 11.6. The van der Waals surface area contributed by atoms with Crippen LogP contribution < -0.4 is 4.74 Å². The fourth-order valence-corrected chi connectivity index (χ4v) is 4.60. The van der Waals surface area contributed by atoms with Gasteiger partial charge in [0.05, 0.1) is 24.0 Å². The molecule has 0 bridgehead atoms. The van der Waals surface area contributed by atoms with Gasteiger partial charge in [-0.2, -0.15) is 0 Å². The van der Waals surface area contributed by atoms with Crippen molar-refractivity contribution in [1.82, 2.24) is 9.88 Å². The number of nitrogens with zero attached hydrogens (tertiary/aromatic N) is 2. The number of hydrogen-bond donors (Lipinski definition) is 1. The number of ether oxygens (including phenoxy) is 2. The smallest absolute Gasteiger partial charge is 0.278 e. The number of sulfone groups is 1. The van der Waals surface area contributed by atoms with Gasteiger partial charge in [0.15, 0.2) is 14.9 Å². The predicted octanol–water partition coefficient (Wildman–Crippen LogP) is 3.01. The van der Waals surface area contributed by atoms with Crippen LogP contribution in [0.4, 0.5) is 4.79 Å². The summed E-state index contributed by atoms with van der Waals surface area (Å²) in [6.07, 6.45) is 7.06. The highest BCUT2D eigenvalue weighted by Crippen LogP contribution is 2.29. The normalized spacial score (nSPS) is 24.2. The summed E-state index contributed by atoms with van der Waals surface area (Å²) in [7, 11) is -3.31. The Morgan fingerprint density at radius 1 is 1.07 bits per heavy atom. The maximum Gasteiger partial charge on any atom is 0.278 e. The number of carbonyl (C=O) groups excluding carboxylic acids is 1. The lowest BCUT2D eigenvalue weighted by atomic mass is 9.94. The molecule has 1 saturated carbocycles. The molecule has 1 aromatic heterocycles. The van der Waals surface area contributed by atoms with Gasteiger partial charge in [-0.15, -0.1) is 0 Å². The number of aryl methyl sites for hydroxylation is 1. The van der Waals surface area contributed by atoms with Gasteiger partial charge in [0, 0.05) is 19.3 Å². The van der Waals surface area contributed by atoms with Gasteiger partial charge in [0.25, 0.3) is 5.24 Å². The van der Waals surface area contributed by atoms with Crippen molar-refractivity contribution in [2.24, 2.45) is 0 Å². The minimum absolute atomic E-state index is 0.0696. The number of carbonyl (C=O) groups is 1. The van der Waals surface area contributed by atoms with E-state index in [1.54, 1.807) is 17.9 Å². The van der Waals surface area contributed by atoms with Crippen molar-refractivity contribution >= 4 is 27.7 Å². The average molecular weight is 429 g/mol. The van der Waals surface area contributed by atoms with Crippen LogP contribution in [0.2, 0.25) is 0 Å². The zero-order valence-electron chi connectivity index (χ0n) is 16.3. The molecule has 2 aliphatic rings. The summed E-state index contributed by atoms with van der Waals surface area (Å²) >= 11 is 3.88. The van der Waals surface area contributed by atoms with Gasteiger partial charge in [-0.25, -0.2) is 13.4 Å². The molecular formula is C19H28N2O5S2. The van der Waals surface area contributed by atoms with Gasteiger partial charge in [-0.3, -0.25) is 4.79 Å². The lowest BCUT2D eigenvalue weighted by Gasteiger charge is -2.35. The maximum absolute atomic E-state index is 11.6. The molecule has 7 nitrogen and oxygen atoms in total. The second kappa shape index (κ2) is 9.00. The molecular weight excluding hydrogens is 400 g/mol. The molecule has 0 spiro atoms. The Bertz CT molecular complexity index is 799. The van der Waals surface area contributed by atoms with Crippen molar-refractivity contribution in [1.29, 1.82) is 0 Å². The zero-order valence-corrected chi connectivity index (χ0v) is 18.0. The van der Waals surface area contributed by atoms with Crippen molar-refractivity contribution in [3.8, 4) is 5.75 Å². The van der Waals surface area contributed by atoms with Gasteiger partial charge < -0.3 is 14.4 Å². The van der Waals surface area contributed by atoms with E-state index in [0.717, 1.165) is 44.8 Å². The fraction of sp³-hybridized carbons (Fsp3) is 0.684. The van der Waals surface area contributed by atoms with Crippen LogP contribution >= 0.6 is 12.6 Å². The predicted molar refractivity (Wildman–Crippen MR) is 109 cm³/mol. The minimum Gasteiger partial charge on any atom is -0.489 e. The van der Waals surface area contributed by atoms with Gasteiger partial charge in [-0.1, -0.05) is 12.6 Å². The molecule has 0 aromatic carbocycles. The Hall–Kier alpha value is -1.32. The topological polar surface area (TPSA) is 85.8 Å². The summed E-state index contributed by atoms with van der Waals surface area (Å²) in [4.78, 5) is 17.2. The van der Waals surface area contributed by atoms with Gasteiger partial charge in [-0.05, 0) is 57.6 Å². The summed E-state index contributed by atoms with van der Waals surface area (Å²) < 4.78 is 35.5. The van der Waals surface area contributed by atoms with Crippen molar-refractivity contribution in [2.75, 3.05) is 19.3 Å². The monoisotopic (exact) mass is 428 g/mol. The highest BCUT2D eigenvalue weighted by molar-refractivity contribution is 7.96. The molecule has 0 atom stereocenters. The van der Waals surface area contributed by atoms with E-state index in [4.69, 9.17) is 9.47 Å². The molecule has 1 amide bonds. The lowest BCUT2D eigenvalue weighted by molar-refractivity contribution is -0.0621. The number of thiol groups is 1. The molecule has 2 heterocycles. The Labute approximate surface area is 172 Å². The third kappa shape index (κ3) is 5.61. The number of hydrogen-bond acceptors (Lipinski definition) is 6. The number of piperidine rings is 1. The fourth-order valence-electron chi connectivity index (χ4n) is 3.78. The van der Waals surface area contributed by atoms with Crippen LogP contribution in [0.25, 0.3) is 0 Å². The van der Waals surface area contributed by atoms with Crippen LogP contribution in [0.1, 0.15) is 44.2 Å². The van der Waals surface area contributed by atoms with E-state index in [1.165, 1.54) is 6.07 Å². The molecule has 28 heavy (non-hydrogen) atoms. The summed E-state index contributed by atoms with van der Waals surface area (Å²) in [6, 6.07) is 3.19. The van der Waals surface area contributed by atoms with Crippen LogP contribution in [0.15, 0.2) is 17.2 Å². The quantitative estimate of drug-likeness (QED) is 0.726. The summed E-state index contributed by atoms with van der Waals surface area (Å²) in [6.45, 7) is 3.18. The summed E-state index contributed by atoms with van der Waals surface area (Å²) in [5, 5.41) is -0.0921. The van der Waals surface area contributed by atoms with Crippen LogP contribution in [-0.4, -0.2) is 61.2 Å². The van der Waals surface area contributed by atoms with Crippen molar-refractivity contribution in [2.45, 2.75) is 68.8 Å². The van der Waals surface area contributed by atoms with E-state index < -0.39 is 9.84 Å². The first-order valence-corrected chi connectivity index (χ1v) is 12.0. The number of likely N-dealkylation sites (tertiary alicyclic amines) is 1. The highest BCUT2D eigenvalue weighted by Gasteiger charge is 2.28. The molecule has 156 valence electrons. The first kappa shape index (κ1) is 21.4. The Morgan fingerprint density at radius 3 is 2.18 bits per heavy atom. The van der Waals surface area contributed by atoms with E-state index in [1.807, 2.05) is 0 Å². The van der Waals surface area contributed by atoms with Crippen LogP contribution in [0.3, 0.4) is 0 Å². The van der Waals surface area contributed by atoms with E-state index in [-0.39, 0.29) is 28.6 Å². The summed E-state index contributed by atoms with van der Waals surface area (Å²) in [5.74, 6) is 0.639. The van der Waals surface area contributed by atoms with Crippen molar-refractivity contribution in [3.05, 3.63) is 17.8 Å². The molecule has 0 N–H and O–H groups in total. The molecule has 1 aromatic rings. The Kier molecular flexibility index (Phi) is 6.88. The summed E-state index contributed by atoms with van der Waals surface area (Å²) in [5.41, 5.74) is 0.590. The largest absolute Gasteiger partial charge is 0.489 e. The molecule has 0 radical (unpaired) electrons. The molecule has 1 saturated heterocycles. The van der Waals surface area contributed by atoms with E-state index >= 15 is 0 Å².